The van der Waals surface area contributed by atoms with Crippen LogP contribution in [0.15, 0.2) is 212 Å². The van der Waals surface area contributed by atoms with Crippen LogP contribution in [0.3, 0.4) is 0 Å². The minimum atomic E-state index is 0.573. The first-order valence-corrected chi connectivity index (χ1v) is 21.4. The van der Waals surface area contributed by atoms with Crippen LogP contribution in [-0.2, 0) is 0 Å². The summed E-state index contributed by atoms with van der Waals surface area (Å²) in [6.45, 7) is 0. The van der Waals surface area contributed by atoms with Crippen LogP contribution in [0.25, 0.3) is 123 Å². The maximum atomic E-state index is 5.29. The van der Waals surface area contributed by atoms with Crippen LogP contribution in [-0.4, -0.2) is 34.1 Å². The molecule has 0 N–H and O–H groups in total. The van der Waals surface area contributed by atoms with Gasteiger partial charge in [-0.1, -0.05) is 182 Å². The van der Waals surface area contributed by atoms with E-state index in [1.54, 1.807) is 0 Å². The second-order valence-electron chi connectivity index (χ2n) is 16.1. The SMILES string of the molecule is c1ccc(-c2cc(-c3ccccc3)nc(-n3c4ccccc4c4ccc(-c5ccc6c7c5ccc5cccc(c57)n6-c5nc(-c6ccccc6)nc(-c6ccccc6)n5)cc43)n2)cc1. The molecule has 9 aromatic carbocycles. The zero-order valence-electron chi connectivity index (χ0n) is 34.3. The highest BCUT2D eigenvalue weighted by Gasteiger charge is 2.23. The monoisotopic (exact) mass is 817 g/mol. The van der Waals surface area contributed by atoms with E-state index >= 15 is 0 Å². The predicted octanol–water partition coefficient (Wildman–Crippen LogP) is 13.8. The van der Waals surface area contributed by atoms with E-state index in [-0.39, 0.29) is 0 Å². The summed E-state index contributed by atoms with van der Waals surface area (Å²) in [6.07, 6.45) is 0. The molecule has 7 heteroatoms. The Morgan fingerprint density at radius 1 is 0.281 bits per heavy atom. The van der Waals surface area contributed by atoms with Crippen molar-refractivity contribution < 1.29 is 0 Å². The third-order valence-electron chi connectivity index (χ3n) is 12.4. The first-order chi connectivity index (χ1) is 31.7. The second-order valence-corrected chi connectivity index (χ2v) is 16.1. The Labute approximate surface area is 367 Å². The molecule has 64 heavy (non-hydrogen) atoms. The van der Waals surface area contributed by atoms with Crippen molar-refractivity contribution >= 4 is 54.4 Å². The van der Waals surface area contributed by atoms with Crippen molar-refractivity contribution in [2.75, 3.05) is 0 Å². The standard InChI is InChI=1S/C57H35N7/c1-5-16-36(17-6-1)46-35-47(37-18-7-2-8-19-37)59-56(58-46)63-48-26-14-13-25-43(48)44-30-29-41(34-51(44)63)42-32-33-50-53-45(42)31-28-38-24-15-27-49(52(38)53)64(50)57-61-54(39-20-9-3-10-21-39)60-55(62-57)40-22-11-4-12-23-40/h1-35H. The molecule has 0 saturated heterocycles. The quantitative estimate of drug-likeness (QED) is 0.150. The predicted molar refractivity (Wildman–Crippen MR) is 260 cm³/mol. The molecule has 13 aromatic rings. The molecule has 13 rings (SSSR count). The van der Waals surface area contributed by atoms with E-state index in [1.165, 1.54) is 10.8 Å². The van der Waals surface area contributed by atoms with E-state index < -0.39 is 0 Å². The Kier molecular flexibility index (Phi) is 8.08. The molecule has 0 unspecified atom stereocenters. The molecule has 0 atom stereocenters. The van der Waals surface area contributed by atoms with E-state index in [1.807, 2.05) is 72.8 Å². The molecule has 4 aromatic heterocycles. The highest BCUT2D eigenvalue weighted by atomic mass is 15.2. The molecule has 0 bridgehead atoms. The third kappa shape index (κ3) is 5.72. The number of para-hydroxylation sites is 1. The van der Waals surface area contributed by atoms with Gasteiger partial charge in [-0.15, -0.1) is 0 Å². The topological polar surface area (TPSA) is 74.3 Å². The average Bonchev–Trinajstić information content (AvgIpc) is 3.90. The summed E-state index contributed by atoms with van der Waals surface area (Å²) in [5.41, 5.74) is 12.0. The Morgan fingerprint density at radius 2 is 0.797 bits per heavy atom. The molecule has 0 amide bonds. The number of hydrogen-bond donors (Lipinski definition) is 0. The van der Waals surface area contributed by atoms with Crippen molar-refractivity contribution in [1.29, 1.82) is 0 Å². The molecular weight excluding hydrogens is 783 g/mol. The van der Waals surface area contributed by atoms with Crippen molar-refractivity contribution in [2.24, 2.45) is 0 Å². The van der Waals surface area contributed by atoms with Crippen LogP contribution in [0.5, 0.6) is 0 Å². The van der Waals surface area contributed by atoms with Gasteiger partial charge in [0.2, 0.25) is 11.9 Å². The summed E-state index contributed by atoms with van der Waals surface area (Å²) in [7, 11) is 0. The molecule has 7 nitrogen and oxygen atoms in total. The van der Waals surface area contributed by atoms with Crippen molar-refractivity contribution in [2.45, 2.75) is 0 Å². The lowest BCUT2D eigenvalue weighted by molar-refractivity contribution is 0.954. The number of hydrogen-bond acceptors (Lipinski definition) is 5. The van der Waals surface area contributed by atoms with E-state index in [9.17, 15) is 0 Å². The molecule has 4 heterocycles. The Balaban J connectivity index is 1.04. The van der Waals surface area contributed by atoms with Gasteiger partial charge in [0, 0.05) is 43.8 Å². The van der Waals surface area contributed by atoms with E-state index in [4.69, 9.17) is 24.9 Å². The van der Waals surface area contributed by atoms with Crippen LogP contribution >= 0.6 is 0 Å². The van der Waals surface area contributed by atoms with E-state index in [2.05, 4.69) is 149 Å². The van der Waals surface area contributed by atoms with Gasteiger partial charge < -0.3 is 0 Å². The summed E-state index contributed by atoms with van der Waals surface area (Å²) in [5, 5.41) is 6.93. The van der Waals surface area contributed by atoms with Crippen LogP contribution < -0.4 is 0 Å². The number of aromatic nitrogens is 7. The first-order valence-electron chi connectivity index (χ1n) is 21.4. The van der Waals surface area contributed by atoms with E-state index in [0.29, 0.717) is 23.5 Å². The van der Waals surface area contributed by atoms with Gasteiger partial charge in [0.15, 0.2) is 11.6 Å². The van der Waals surface area contributed by atoms with Crippen LogP contribution in [0.2, 0.25) is 0 Å². The van der Waals surface area contributed by atoms with Crippen molar-refractivity contribution in [3.63, 3.8) is 0 Å². The summed E-state index contributed by atoms with van der Waals surface area (Å²) >= 11 is 0. The highest BCUT2D eigenvalue weighted by Crippen LogP contribution is 2.44. The van der Waals surface area contributed by atoms with Gasteiger partial charge in [0.1, 0.15) is 0 Å². The van der Waals surface area contributed by atoms with Gasteiger partial charge in [-0.3, -0.25) is 9.13 Å². The fourth-order valence-corrected chi connectivity index (χ4v) is 9.45. The van der Waals surface area contributed by atoms with Gasteiger partial charge in [0.05, 0.1) is 33.5 Å². The Morgan fingerprint density at radius 3 is 1.45 bits per heavy atom. The fraction of sp³-hybridized carbons (Fsp3) is 0. The van der Waals surface area contributed by atoms with Crippen molar-refractivity contribution in [1.82, 2.24) is 34.1 Å². The average molecular weight is 818 g/mol. The lowest BCUT2D eigenvalue weighted by Crippen LogP contribution is -2.06. The number of nitrogens with zero attached hydrogens (tertiary/aromatic N) is 7. The maximum absolute atomic E-state index is 5.29. The normalized spacial score (nSPS) is 11.8. The molecule has 0 spiro atoms. The molecule has 0 fully saturated rings. The van der Waals surface area contributed by atoms with Crippen molar-refractivity contribution in [3.8, 4) is 68.3 Å². The number of benzene rings is 9. The molecule has 0 aliphatic heterocycles. The summed E-state index contributed by atoms with van der Waals surface area (Å²) < 4.78 is 4.43. The van der Waals surface area contributed by atoms with Crippen LogP contribution in [0.1, 0.15) is 0 Å². The fourth-order valence-electron chi connectivity index (χ4n) is 9.45. The molecule has 0 aliphatic carbocycles. The molecule has 298 valence electrons. The Hall–Kier alpha value is -8.81. The van der Waals surface area contributed by atoms with Crippen LogP contribution in [0, 0.1) is 0 Å². The van der Waals surface area contributed by atoms with Gasteiger partial charge in [-0.05, 0) is 52.2 Å². The first kappa shape index (κ1) is 35.9. The maximum Gasteiger partial charge on any atom is 0.238 e. The van der Waals surface area contributed by atoms with Gasteiger partial charge in [-0.25, -0.2) is 15.0 Å². The largest absolute Gasteiger partial charge is 0.278 e. The van der Waals surface area contributed by atoms with Gasteiger partial charge >= 0.3 is 0 Å². The summed E-state index contributed by atoms with van der Waals surface area (Å²) in [4.78, 5) is 26.0. The smallest absolute Gasteiger partial charge is 0.238 e. The zero-order valence-corrected chi connectivity index (χ0v) is 34.3. The molecule has 0 saturated carbocycles. The lowest BCUT2D eigenvalue weighted by Gasteiger charge is -2.13. The minimum Gasteiger partial charge on any atom is -0.278 e. The van der Waals surface area contributed by atoms with E-state index in [0.717, 1.165) is 88.4 Å². The third-order valence-corrected chi connectivity index (χ3v) is 12.4. The molecule has 0 radical (unpaired) electrons. The highest BCUT2D eigenvalue weighted by molar-refractivity contribution is 6.26. The van der Waals surface area contributed by atoms with Crippen molar-refractivity contribution in [3.05, 3.63) is 212 Å². The van der Waals surface area contributed by atoms with Gasteiger partial charge in [0.25, 0.3) is 0 Å². The lowest BCUT2D eigenvalue weighted by atomic mass is 9.94. The van der Waals surface area contributed by atoms with Crippen LogP contribution in [0.4, 0.5) is 0 Å². The number of rotatable bonds is 7. The summed E-state index contributed by atoms with van der Waals surface area (Å²) in [5.74, 6) is 2.44. The molecular formula is C57H35N7. The Bertz CT molecular complexity index is 3760. The zero-order chi connectivity index (χ0) is 42.1. The molecule has 0 aliphatic rings. The minimum absolute atomic E-state index is 0.573. The summed E-state index contributed by atoms with van der Waals surface area (Å²) in [6, 6.07) is 73.9. The second kappa shape index (κ2) is 14.4. The number of fused-ring (bicyclic) bond motifs is 3. The van der Waals surface area contributed by atoms with Gasteiger partial charge in [-0.2, -0.15) is 9.97 Å².